The second kappa shape index (κ2) is 5.91. The van der Waals surface area contributed by atoms with Crippen molar-refractivity contribution < 1.29 is 4.79 Å². The molecule has 0 aromatic carbocycles. The molecule has 0 spiro atoms. The van der Waals surface area contributed by atoms with Crippen LogP contribution >= 0.6 is 15.9 Å². The van der Waals surface area contributed by atoms with Gasteiger partial charge in [0.25, 0.3) is 5.91 Å². The highest BCUT2D eigenvalue weighted by Gasteiger charge is 2.17. The number of hydrogen-bond acceptors (Lipinski definition) is 6. The minimum Gasteiger partial charge on any atom is -0.361 e. The molecule has 0 bridgehead atoms. The van der Waals surface area contributed by atoms with Crippen molar-refractivity contribution in [3.05, 3.63) is 35.0 Å². The van der Waals surface area contributed by atoms with Crippen LogP contribution in [0.1, 0.15) is 10.5 Å². The van der Waals surface area contributed by atoms with E-state index in [4.69, 9.17) is 0 Å². The second-order valence-corrected chi connectivity index (χ2v) is 5.14. The topological polar surface area (TPSA) is 75.1 Å². The molecule has 0 saturated carbocycles. The second-order valence-electron chi connectivity index (χ2n) is 4.22. The van der Waals surface area contributed by atoms with Gasteiger partial charge in [0.1, 0.15) is 11.5 Å². The van der Waals surface area contributed by atoms with Crippen LogP contribution in [0.2, 0.25) is 0 Å². The maximum absolute atomic E-state index is 12.2. The van der Waals surface area contributed by atoms with Gasteiger partial charge in [0, 0.05) is 33.5 Å². The maximum atomic E-state index is 12.2. The molecule has 0 atom stereocenters. The molecule has 0 radical (unpaired) electrons. The molecule has 8 heteroatoms. The maximum Gasteiger partial charge on any atom is 0.280 e. The zero-order valence-electron chi connectivity index (χ0n) is 11.3. The zero-order chi connectivity index (χ0) is 14.7. The highest BCUT2D eigenvalue weighted by Crippen LogP contribution is 2.12. The Kier molecular flexibility index (Phi) is 4.23. The predicted molar refractivity (Wildman–Crippen MR) is 78.8 cm³/mol. The van der Waals surface area contributed by atoms with Crippen molar-refractivity contribution in [2.45, 2.75) is 0 Å². The van der Waals surface area contributed by atoms with E-state index in [1.54, 1.807) is 25.6 Å². The first kappa shape index (κ1) is 14.3. The van der Waals surface area contributed by atoms with Crippen molar-refractivity contribution in [1.29, 1.82) is 0 Å². The molecular formula is C12H13BrN6O. The number of carbonyl (C=O) groups excluding carboxylic acids is 1. The zero-order valence-corrected chi connectivity index (χ0v) is 12.9. The number of hydrogen-bond donors (Lipinski definition) is 0. The van der Waals surface area contributed by atoms with Crippen LogP contribution in [0.15, 0.2) is 29.3 Å². The number of carbonyl (C=O) groups is 1. The van der Waals surface area contributed by atoms with Gasteiger partial charge in [-0.05, 0) is 15.9 Å². The molecule has 0 aliphatic carbocycles. The fourth-order valence-electron chi connectivity index (χ4n) is 1.40. The van der Waals surface area contributed by atoms with Gasteiger partial charge in [0.15, 0.2) is 0 Å². The summed E-state index contributed by atoms with van der Waals surface area (Å²) in [6, 6.07) is 0. The van der Waals surface area contributed by atoms with Gasteiger partial charge in [-0.25, -0.2) is 19.9 Å². The van der Waals surface area contributed by atoms with E-state index >= 15 is 0 Å². The van der Waals surface area contributed by atoms with E-state index in [0.717, 1.165) is 4.47 Å². The molecule has 0 N–H and O–H groups in total. The summed E-state index contributed by atoms with van der Waals surface area (Å²) in [6.45, 7) is 0. The van der Waals surface area contributed by atoms with Crippen LogP contribution in [0.4, 0.5) is 11.8 Å². The Morgan fingerprint density at radius 3 is 2.15 bits per heavy atom. The number of anilines is 2. The van der Waals surface area contributed by atoms with Gasteiger partial charge in [-0.15, -0.1) is 0 Å². The number of amides is 1. The van der Waals surface area contributed by atoms with Gasteiger partial charge < -0.3 is 4.90 Å². The highest BCUT2D eigenvalue weighted by atomic mass is 79.9. The Morgan fingerprint density at radius 1 is 1.00 bits per heavy atom. The van der Waals surface area contributed by atoms with Crippen LogP contribution in [-0.4, -0.2) is 47.0 Å². The van der Waals surface area contributed by atoms with Crippen LogP contribution < -0.4 is 9.80 Å². The minimum atomic E-state index is -0.315. The van der Waals surface area contributed by atoms with Crippen molar-refractivity contribution in [3.8, 4) is 0 Å². The Hall–Kier alpha value is -2.09. The third kappa shape index (κ3) is 3.08. The molecule has 0 unspecified atom stereocenters. The van der Waals surface area contributed by atoms with Gasteiger partial charge in [-0.2, -0.15) is 0 Å². The van der Waals surface area contributed by atoms with Crippen LogP contribution in [-0.2, 0) is 0 Å². The Morgan fingerprint density at radius 2 is 1.65 bits per heavy atom. The summed E-state index contributed by atoms with van der Waals surface area (Å²) in [4.78, 5) is 31.7. The Balaban J connectivity index is 2.20. The molecule has 2 aromatic rings. The number of nitrogens with zero attached hydrogens (tertiary/aromatic N) is 6. The summed E-state index contributed by atoms with van der Waals surface area (Å²) in [5, 5.41) is 0. The third-order valence-electron chi connectivity index (χ3n) is 2.53. The van der Waals surface area contributed by atoms with E-state index in [9.17, 15) is 4.79 Å². The molecule has 0 fully saturated rings. The Labute approximate surface area is 124 Å². The normalized spacial score (nSPS) is 10.2. The summed E-state index contributed by atoms with van der Waals surface area (Å²) in [7, 11) is 5.30. The molecule has 0 aliphatic rings. The molecule has 20 heavy (non-hydrogen) atoms. The summed E-state index contributed by atoms with van der Waals surface area (Å²) in [5.41, 5.74) is 0.240. The van der Waals surface area contributed by atoms with E-state index in [2.05, 4.69) is 35.9 Å². The largest absolute Gasteiger partial charge is 0.361 e. The van der Waals surface area contributed by atoms with E-state index in [-0.39, 0.29) is 11.6 Å². The molecule has 0 aliphatic heterocycles. The molecule has 0 saturated heterocycles. The first-order valence-corrected chi connectivity index (χ1v) is 6.53. The first-order valence-electron chi connectivity index (χ1n) is 5.74. The van der Waals surface area contributed by atoms with Crippen LogP contribution in [0.3, 0.4) is 0 Å². The smallest absolute Gasteiger partial charge is 0.280 e. The molecule has 7 nitrogen and oxygen atoms in total. The van der Waals surface area contributed by atoms with Gasteiger partial charge in [0.05, 0.1) is 16.9 Å². The summed E-state index contributed by atoms with van der Waals surface area (Å²) in [6.07, 6.45) is 6.14. The molecule has 104 valence electrons. The van der Waals surface area contributed by atoms with Gasteiger partial charge in [-0.3, -0.25) is 9.69 Å². The molecule has 2 heterocycles. The molecule has 2 rings (SSSR count). The predicted octanol–water partition coefficient (Wildman–Crippen LogP) is 1.37. The minimum absolute atomic E-state index is 0.240. The van der Waals surface area contributed by atoms with Crippen molar-refractivity contribution >= 4 is 33.6 Å². The van der Waals surface area contributed by atoms with E-state index in [1.165, 1.54) is 11.1 Å². The fourth-order valence-corrected chi connectivity index (χ4v) is 1.61. The first-order chi connectivity index (χ1) is 9.49. The van der Waals surface area contributed by atoms with Crippen molar-refractivity contribution in [3.63, 3.8) is 0 Å². The lowest BCUT2D eigenvalue weighted by molar-refractivity contribution is 0.0986. The monoisotopic (exact) mass is 336 g/mol. The molecule has 1 amide bonds. The van der Waals surface area contributed by atoms with E-state index in [1.807, 2.05) is 19.0 Å². The van der Waals surface area contributed by atoms with Crippen molar-refractivity contribution in [2.75, 3.05) is 30.9 Å². The molecular weight excluding hydrogens is 324 g/mol. The van der Waals surface area contributed by atoms with Crippen molar-refractivity contribution in [1.82, 2.24) is 19.9 Å². The molecule has 2 aromatic heterocycles. The van der Waals surface area contributed by atoms with Crippen LogP contribution in [0, 0.1) is 0 Å². The average Bonchev–Trinajstić information content (AvgIpc) is 2.46. The quantitative estimate of drug-likeness (QED) is 0.842. The summed E-state index contributed by atoms with van der Waals surface area (Å²) < 4.78 is 0.747. The van der Waals surface area contributed by atoms with Gasteiger partial charge >= 0.3 is 0 Å². The third-order valence-corrected chi connectivity index (χ3v) is 2.94. The number of aromatic nitrogens is 4. The lowest BCUT2D eigenvalue weighted by Crippen LogP contribution is -2.29. The van der Waals surface area contributed by atoms with E-state index in [0.29, 0.717) is 11.8 Å². The number of rotatable bonds is 3. The van der Waals surface area contributed by atoms with Gasteiger partial charge in [-0.1, -0.05) is 0 Å². The fraction of sp³-hybridized carbons (Fsp3) is 0.250. The van der Waals surface area contributed by atoms with E-state index < -0.39 is 0 Å². The highest BCUT2D eigenvalue weighted by molar-refractivity contribution is 9.10. The standard InChI is InChI=1S/C12H13BrN6O/c1-18(2)10-7-14-9(6-15-10)11(20)19(3)12-16-4-8(13)5-17-12/h4-7H,1-3H3. The average molecular weight is 337 g/mol. The summed E-state index contributed by atoms with van der Waals surface area (Å²) >= 11 is 3.24. The van der Waals surface area contributed by atoms with Crippen LogP contribution in [0.25, 0.3) is 0 Å². The number of halogens is 1. The lowest BCUT2D eigenvalue weighted by atomic mass is 10.4. The SMILES string of the molecule is CN(C)c1cnc(C(=O)N(C)c2ncc(Br)cn2)cn1. The lowest BCUT2D eigenvalue weighted by Gasteiger charge is -2.15. The summed E-state index contributed by atoms with van der Waals surface area (Å²) in [5.74, 6) is 0.672. The Bertz CT molecular complexity index is 598. The van der Waals surface area contributed by atoms with Crippen LogP contribution in [0.5, 0.6) is 0 Å². The van der Waals surface area contributed by atoms with Gasteiger partial charge in [0.2, 0.25) is 5.95 Å². The van der Waals surface area contributed by atoms with Crippen molar-refractivity contribution in [2.24, 2.45) is 0 Å².